The molecule has 2 heterocycles. The average Bonchev–Trinajstić information content (AvgIpc) is 3.16. The number of furan rings is 1. The number of aliphatic imine (C=N–C) groups is 1. The van der Waals surface area contributed by atoms with Gasteiger partial charge in [0.1, 0.15) is 0 Å². The summed E-state index contributed by atoms with van der Waals surface area (Å²) in [6.07, 6.45) is 5.23. The highest BCUT2D eigenvalue weighted by molar-refractivity contribution is 14.0. The summed E-state index contributed by atoms with van der Waals surface area (Å²) < 4.78 is 5.04. The summed E-state index contributed by atoms with van der Waals surface area (Å²) in [5.41, 5.74) is 0. The maximum atomic E-state index is 11.7. The normalized spacial score (nSPS) is 16.0. The van der Waals surface area contributed by atoms with Crippen LogP contribution >= 0.6 is 24.0 Å². The molecule has 8 heteroatoms. The first-order chi connectivity index (χ1) is 12.2. The molecule has 3 N–H and O–H groups in total. The van der Waals surface area contributed by atoms with Crippen molar-refractivity contribution in [1.82, 2.24) is 20.9 Å². The van der Waals surface area contributed by atoms with Gasteiger partial charge in [-0.2, -0.15) is 0 Å². The zero-order chi connectivity index (χ0) is 17.9. The number of halogens is 1. The number of rotatable bonds is 8. The number of hydrogen-bond donors (Lipinski definition) is 3. The minimum atomic E-state index is -0.203. The van der Waals surface area contributed by atoms with Crippen LogP contribution in [0, 0.1) is 5.92 Å². The Morgan fingerprint density at radius 2 is 1.92 bits per heavy atom. The van der Waals surface area contributed by atoms with Crippen LogP contribution in [0.25, 0.3) is 0 Å². The molecule has 1 aromatic heterocycles. The smallest absolute Gasteiger partial charge is 0.287 e. The van der Waals surface area contributed by atoms with Crippen LogP contribution in [0.5, 0.6) is 0 Å². The Balaban J connectivity index is 0.00000338. The van der Waals surface area contributed by atoms with E-state index < -0.39 is 0 Å². The number of likely N-dealkylation sites (tertiary alicyclic amines) is 1. The Morgan fingerprint density at radius 1 is 1.23 bits per heavy atom. The minimum absolute atomic E-state index is 0. The first kappa shape index (κ1) is 22.8. The van der Waals surface area contributed by atoms with Gasteiger partial charge in [0.25, 0.3) is 5.91 Å². The summed E-state index contributed by atoms with van der Waals surface area (Å²) in [6.45, 7) is 7.93. The van der Waals surface area contributed by atoms with Gasteiger partial charge in [0.05, 0.1) is 6.26 Å². The third-order valence-electron chi connectivity index (χ3n) is 4.49. The van der Waals surface area contributed by atoms with E-state index in [1.54, 1.807) is 19.2 Å². The molecule has 2 rings (SSSR count). The van der Waals surface area contributed by atoms with Crippen molar-refractivity contribution in [1.29, 1.82) is 0 Å². The van der Waals surface area contributed by atoms with Gasteiger partial charge in [-0.25, -0.2) is 0 Å². The van der Waals surface area contributed by atoms with Crippen LogP contribution in [0.4, 0.5) is 0 Å². The molecule has 1 aliphatic rings. The lowest BCUT2D eigenvalue weighted by Crippen LogP contribution is -2.42. The van der Waals surface area contributed by atoms with E-state index >= 15 is 0 Å². The van der Waals surface area contributed by atoms with Crippen LogP contribution < -0.4 is 16.0 Å². The highest BCUT2D eigenvalue weighted by Gasteiger charge is 2.14. The fourth-order valence-electron chi connectivity index (χ4n) is 2.87. The van der Waals surface area contributed by atoms with Gasteiger partial charge in [-0.05, 0) is 56.9 Å². The van der Waals surface area contributed by atoms with Gasteiger partial charge in [-0.3, -0.25) is 9.79 Å². The number of nitrogens with one attached hydrogen (secondary N) is 3. The highest BCUT2D eigenvalue weighted by atomic mass is 127. The van der Waals surface area contributed by atoms with Crippen LogP contribution in [-0.2, 0) is 0 Å². The van der Waals surface area contributed by atoms with E-state index in [1.807, 2.05) is 0 Å². The van der Waals surface area contributed by atoms with E-state index in [0.717, 1.165) is 31.4 Å². The second kappa shape index (κ2) is 13.0. The summed E-state index contributed by atoms with van der Waals surface area (Å²) >= 11 is 0. The number of piperidine rings is 1. The van der Waals surface area contributed by atoms with Crippen molar-refractivity contribution in [3.05, 3.63) is 24.2 Å². The predicted octanol–water partition coefficient (Wildman–Crippen LogP) is 1.91. The van der Waals surface area contributed by atoms with Crippen molar-refractivity contribution in [2.75, 3.05) is 46.3 Å². The molecule has 0 atom stereocenters. The third kappa shape index (κ3) is 8.39. The quantitative estimate of drug-likeness (QED) is 0.231. The van der Waals surface area contributed by atoms with Crippen molar-refractivity contribution in [2.24, 2.45) is 10.9 Å². The molecule has 26 heavy (non-hydrogen) atoms. The molecule has 0 bridgehead atoms. The molecular weight excluding hydrogens is 445 g/mol. The fourth-order valence-corrected chi connectivity index (χ4v) is 2.87. The zero-order valence-electron chi connectivity index (χ0n) is 15.8. The lowest BCUT2D eigenvalue weighted by atomic mass is 9.99. The topological polar surface area (TPSA) is 81.9 Å². The van der Waals surface area contributed by atoms with Gasteiger partial charge < -0.3 is 25.3 Å². The average molecular weight is 477 g/mol. The summed E-state index contributed by atoms with van der Waals surface area (Å²) in [4.78, 5) is 18.5. The van der Waals surface area contributed by atoms with Crippen LogP contribution in [0.3, 0.4) is 0 Å². The van der Waals surface area contributed by atoms with E-state index in [-0.39, 0.29) is 29.9 Å². The Bertz CT molecular complexity index is 528. The molecule has 0 spiro atoms. The molecule has 1 fully saturated rings. The van der Waals surface area contributed by atoms with Gasteiger partial charge >= 0.3 is 0 Å². The summed E-state index contributed by atoms with van der Waals surface area (Å²) in [7, 11) is 1.75. The minimum Gasteiger partial charge on any atom is -0.459 e. The van der Waals surface area contributed by atoms with Gasteiger partial charge in [0, 0.05) is 26.7 Å². The van der Waals surface area contributed by atoms with Crippen LogP contribution in [-0.4, -0.2) is 63.1 Å². The molecule has 148 valence electrons. The van der Waals surface area contributed by atoms with Gasteiger partial charge in [0.2, 0.25) is 0 Å². The number of nitrogens with zero attached hydrogens (tertiary/aromatic N) is 2. The Morgan fingerprint density at radius 3 is 2.58 bits per heavy atom. The summed E-state index contributed by atoms with van der Waals surface area (Å²) in [5.74, 6) is 1.77. The van der Waals surface area contributed by atoms with Crippen molar-refractivity contribution in [2.45, 2.75) is 26.2 Å². The summed E-state index contributed by atoms with van der Waals surface area (Å²) in [6, 6.07) is 3.34. The molecule has 1 aromatic rings. The molecule has 0 aliphatic carbocycles. The first-order valence-electron chi connectivity index (χ1n) is 9.17. The van der Waals surface area contributed by atoms with Gasteiger partial charge in [-0.1, -0.05) is 6.92 Å². The first-order valence-corrected chi connectivity index (χ1v) is 9.17. The molecule has 0 unspecified atom stereocenters. The third-order valence-corrected chi connectivity index (χ3v) is 4.49. The van der Waals surface area contributed by atoms with Gasteiger partial charge in [0.15, 0.2) is 11.7 Å². The van der Waals surface area contributed by atoms with Crippen LogP contribution in [0.15, 0.2) is 27.8 Å². The van der Waals surface area contributed by atoms with E-state index in [2.05, 4.69) is 32.8 Å². The zero-order valence-corrected chi connectivity index (χ0v) is 18.1. The molecule has 1 aliphatic heterocycles. The molecular formula is C18H32IN5O2. The van der Waals surface area contributed by atoms with Gasteiger partial charge in [-0.15, -0.1) is 24.0 Å². The van der Waals surface area contributed by atoms with E-state index in [9.17, 15) is 4.79 Å². The lowest BCUT2D eigenvalue weighted by molar-refractivity contribution is 0.0926. The standard InChI is InChI=1S/C18H31N5O2.HI/c1-15-6-12-23(13-7-15)11-4-8-21-18(19-2)22-10-9-20-17(24)16-5-3-14-25-16;/h3,5,14-15H,4,6-13H2,1-2H3,(H,20,24)(H2,19,21,22);1H. The molecule has 1 saturated heterocycles. The van der Waals surface area contributed by atoms with Crippen molar-refractivity contribution >= 4 is 35.8 Å². The second-order valence-corrected chi connectivity index (χ2v) is 6.54. The van der Waals surface area contributed by atoms with E-state index in [4.69, 9.17) is 4.42 Å². The lowest BCUT2D eigenvalue weighted by Gasteiger charge is -2.30. The number of carbonyl (C=O) groups is 1. The fraction of sp³-hybridized carbons (Fsp3) is 0.667. The molecule has 1 amide bonds. The Hall–Kier alpha value is -1.29. The van der Waals surface area contributed by atoms with Crippen LogP contribution in [0.2, 0.25) is 0 Å². The number of amides is 1. The van der Waals surface area contributed by atoms with Crippen molar-refractivity contribution in [3.63, 3.8) is 0 Å². The maximum Gasteiger partial charge on any atom is 0.287 e. The number of hydrogen-bond acceptors (Lipinski definition) is 4. The van der Waals surface area contributed by atoms with Crippen LogP contribution in [0.1, 0.15) is 36.7 Å². The second-order valence-electron chi connectivity index (χ2n) is 6.54. The molecule has 0 saturated carbocycles. The highest BCUT2D eigenvalue weighted by Crippen LogP contribution is 2.15. The van der Waals surface area contributed by atoms with E-state index in [1.165, 1.54) is 32.2 Å². The van der Waals surface area contributed by atoms with Crippen molar-refractivity contribution < 1.29 is 9.21 Å². The molecule has 0 radical (unpaired) electrons. The number of carbonyl (C=O) groups excluding carboxylic acids is 1. The molecule has 0 aromatic carbocycles. The Kier molecular flexibility index (Phi) is 11.3. The number of guanidine groups is 1. The Labute approximate surface area is 173 Å². The maximum absolute atomic E-state index is 11.7. The largest absolute Gasteiger partial charge is 0.459 e. The SMILES string of the molecule is CN=C(NCCCN1CCC(C)CC1)NCCNC(=O)c1ccco1.I. The predicted molar refractivity (Wildman–Crippen MR) is 115 cm³/mol. The molecule has 7 nitrogen and oxygen atoms in total. The summed E-state index contributed by atoms with van der Waals surface area (Å²) in [5, 5.41) is 9.30. The monoisotopic (exact) mass is 477 g/mol. The van der Waals surface area contributed by atoms with E-state index in [0.29, 0.717) is 18.8 Å². The van der Waals surface area contributed by atoms with Crippen molar-refractivity contribution in [3.8, 4) is 0 Å².